The fourth-order valence-electron chi connectivity index (χ4n) is 5.66. The van der Waals surface area contributed by atoms with Crippen LogP contribution in [0.2, 0.25) is 0 Å². The van der Waals surface area contributed by atoms with Gasteiger partial charge in [0.15, 0.2) is 0 Å². The zero-order valence-corrected chi connectivity index (χ0v) is 17.2. The van der Waals surface area contributed by atoms with Gasteiger partial charge in [-0.15, -0.1) is 0 Å². The predicted octanol–water partition coefficient (Wildman–Crippen LogP) is 3.03. The van der Waals surface area contributed by atoms with Crippen molar-refractivity contribution in [3.8, 4) is 0 Å². The topological polar surface area (TPSA) is 58.6 Å². The maximum absolute atomic E-state index is 13.5. The molecule has 0 bridgehead atoms. The zero-order chi connectivity index (χ0) is 19.9. The maximum atomic E-state index is 13.5. The summed E-state index contributed by atoms with van der Waals surface area (Å²) in [6, 6.07) is 10.3. The van der Waals surface area contributed by atoms with Crippen LogP contribution in [0.15, 0.2) is 30.3 Å². The third kappa shape index (κ3) is 3.70. The molecule has 2 heterocycles. The molecule has 5 heteroatoms. The molecule has 4 fully saturated rings. The molecular formula is C24H32N2O3. The van der Waals surface area contributed by atoms with E-state index >= 15 is 0 Å². The quantitative estimate of drug-likeness (QED) is 0.804. The van der Waals surface area contributed by atoms with Gasteiger partial charge in [-0.3, -0.25) is 9.59 Å². The summed E-state index contributed by atoms with van der Waals surface area (Å²) in [4.78, 5) is 27.7. The van der Waals surface area contributed by atoms with Gasteiger partial charge in [0, 0.05) is 13.0 Å². The van der Waals surface area contributed by atoms with Crippen molar-refractivity contribution >= 4 is 11.8 Å². The van der Waals surface area contributed by atoms with Crippen LogP contribution in [0.4, 0.5) is 0 Å². The number of hydrogen-bond acceptors (Lipinski definition) is 3. The van der Waals surface area contributed by atoms with Gasteiger partial charge in [-0.2, -0.15) is 0 Å². The lowest BCUT2D eigenvalue weighted by Crippen LogP contribution is -2.66. The number of nitrogens with one attached hydrogen (secondary N) is 1. The SMILES string of the molecule is O=C(CC1COC2(C1)CN(C(=O)C1(c3ccccc3)CCCC1)C2)NCC1CC1. The summed E-state index contributed by atoms with van der Waals surface area (Å²) in [6.07, 6.45) is 8.09. The van der Waals surface area contributed by atoms with Gasteiger partial charge in [0.1, 0.15) is 5.60 Å². The summed E-state index contributed by atoms with van der Waals surface area (Å²) >= 11 is 0. The van der Waals surface area contributed by atoms with Gasteiger partial charge < -0.3 is 15.0 Å². The van der Waals surface area contributed by atoms with Gasteiger partial charge in [0.05, 0.1) is 25.1 Å². The second kappa shape index (κ2) is 7.42. The molecule has 156 valence electrons. The van der Waals surface area contributed by atoms with Crippen LogP contribution in [0.1, 0.15) is 56.9 Å². The largest absolute Gasteiger partial charge is 0.371 e. The minimum Gasteiger partial charge on any atom is -0.371 e. The highest BCUT2D eigenvalue weighted by Gasteiger charge is 2.55. The molecule has 2 aliphatic carbocycles. The average molecular weight is 397 g/mol. The molecule has 1 N–H and O–H groups in total. The van der Waals surface area contributed by atoms with Gasteiger partial charge in [0.2, 0.25) is 11.8 Å². The Labute approximate surface area is 173 Å². The van der Waals surface area contributed by atoms with E-state index in [0.717, 1.165) is 38.6 Å². The standard InChI is InChI=1S/C24H32N2O3/c27-21(25-14-18-8-9-18)12-19-13-23(29-15-19)16-26(17-23)22(28)24(10-4-5-11-24)20-6-2-1-3-7-20/h1-3,6-7,18-19H,4-5,8-17H2,(H,25,27). The molecule has 1 unspecified atom stereocenters. The van der Waals surface area contributed by atoms with Gasteiger partial charge in [0.25, 0.3) is 0 Å². The molecular weight excluding hydrogens is 364 g/mol. The van der Waals surface area contributed by atoms with Gasteiger partial charge in [-0.25, -0.2) is 0 Å². The Morgan fingerprint density at radius 2 is 1.79 bits per heavy atom. The number of benzene rings is 1. The lowest BCUT2D eigenvalue weighted by molar-refractivity contribution is -0.163. The van der Waals surface area contributed by atoms with Crippen molar-refractivity contribution in [2.24, 2.45) is 11.8 Å². The van der Waals surface area contributed by atoms with Crippen molar-refractivity contribution in [3.63, 3.8) is 0 Å². The Balaban J connectivity index is 1.17. The number of ether oxygens (including phenoxy) is 1. The molecule has 2 saturated carbocycles. The van der Waals surface area contributed by atoms with Crippen molar-refractivity contribution in [2.75, 3.05) is 26.2 Å². The number of amides is 2. The molecule has 29 heavy (non-hydrogen) atoms. The number of carbonyl (C=O) groups is 2. The van der Waals surface area contributed by atoms with Crippen molar-refractivity contribution in [1.29, 1.82) is 0 Å². The summed E-state index contributed by atoms with van der Waals surface area (Å²) in [5, 5.41) is 3.06. The first-order chi connectivity index (χ1) is 14.1. The summed E-state index contributed by atoms with van der Waals surface area (Å²) in [5.41, 5.74) is 0.609. The molecule has 4 aliphatic rings. The van der Waals surface area contributed by atoms with E-state index in [0.29, 0.717) is 32.0 Å². The lowest BCUT2D eigenvalue weighted by atomic mass is 9.75. The number of hydrogen-bond donors (Lipinski definition) is 1. The number of rotatable bonds is 6. The molecule has 1 aromatic rings. The smallest absolute Gasteiger partial charge is 0.233 e. The average Bonchev–Trinajstić information content (AvgIpc) is 3.23. The maximum Gasteiger partial charge on any atom is 0.233 e. The number of likely N-dealkylation sites (tertiary alicyclic amines) is 1. The minimum atomic E-state index is -0.344. The Morgan fingerprint density at radius 3 is 2.48 bits per heavy atom. The molecule has 2 saturated heterocycles. The summed E-state index contributed by atoms with van der Waals surface area (Å²) in [7, 11) is 0. The Kier molecular flexibility index (Phi) is 4.89. The first-order valence-electron chi connectivity index (χ1n) is 11.3. The highest BCUT2D eigenvalue weighted by Crippen LogP contribution is 2.46. The predicted molar refractivity (Wildman–Crippen MR) is 110 cm³/mol. The molecule has 2 aliphatic heterocycles. The summed E-state index contributed by atoms with van der Waals surface area (Å²) < 4.78 is 6.14. The van der Waals surface area contributed by atoms with Crippen LogP contribution in [-0.2, 0) is 19.7 Å². The van der Waals surface area contributed by atoms with E-state index in [4.69, 9.17) is 4.74 Å². The van der Waals surface area contributed by atoms with Crippen LogP contribution >= 0.6 is 0 Å². The first-order valence-corrected chi connectivity index (χ1v) is 11.3. The van der Waals surface area contributed by atoms with Crippen LogP contribution in [0.25, 0.3) is 0 Å². The van der Waals surface area contributed by atoms with E-state index in [1.54, 1.807) is 0 Å². The van der Waals surface area contributed by atoms with E-state index < -0.39 is 0 Å². The van der Waals surface area contributed by atoms with E-state index in [1.807, 2.05) is 23.1 Å². The number of nitrogens with zero attached hydrogens (tertiary/aromatic N) is 1. The molecule has 1 spiro atoms. The summed E-state index contributed by atoms with van der Waals surface area (Å²) in [5.74, 6) is 1.43. The number of carbonyl (C=O) groups excluding carboxylic acids is 2. The fraction of sp³-hybridized carbons (Fsp3) is 0.667. The second-order valence-electron chi connectivity index (χ2n) is 9.83. The van der Waals surface area contributed by atoms with Crippen molar-refractivity contribution in [3.05, 3.63) is 35.9 Å². The second-order valence-corrected chi connectivity index (χ2v) is 9.83. The van der Waals surface area contributed by atoms with Crippen LogP contribution < -0.4 is 5.32 Å². The van der Waals surface area contributed by atoms with Crippen LogP contribution in [0.3, 0.4) is 0 Å². The van der Waals surface area contributed by atoms with Gasteiger partial charge >= 0.3 is 0 Å². The first kappa shape index (κ1) is 19.1. The molecule has 2 amide bonds. The molecule has 0 radical (unpaired) electrons. The molecule has 0 aromatic heterocycles. The normalized spacial score (nSPS) is 27.0. The van der Waals surface area contributed by atoms with Crippen LogP contribution in [0, 0.1) is 11.8 Å². The summed E-state index contributed by atoms with van der Waals surface area (Å²) in [6.45, 7) is 2.84. The molecule has 5 nitrogen and oxygen atoms in total. The monoisotopic (exact) mass is 396 g/mol. The van der Waals surface area contributed by atoms with Crippen LogP contribution in [0.5, 0.6) is 0 Å². The van der Waals surface area contributed by atoms with Crippen molar-refractivity contribution < 1.29 is 14.3 Å². The fourth-order valence-corrected chi connectivity index (χ4v) is 5.66. The van der Waals surface area contributed by atoms with Gasteiger partial charge in [-0.05, 0) is 49.5 Å². The van der Waals surface area contributed by atoms with Crippen LogP contribution in [-0.4, -0.2) is 48.6 Å². The van der Waals surface area contributed by atoms with E-state index in [-0.39, 0.29) is 28.7 Å². The van der Waals surface area contributed by atoms with Gasteiger partial charge in [-0.1, -0.05) is 43.2 Å². The molecule has 5 rings (SSSR count). The highest BCUT2D eigenvalue weighted by atomic mass is 16.5. The zero-order valence-electron chi connectivity index (χ0n) is 17.2. The van der Waals surface area contributed by atoms with Crippen molar-refractivity contribution in [1.82, 2.24) is 10.2 Å². The highest BCUT2D eigenvalue weighted by molar-refractivity contribution is 5.89. The third-order valence-electron chi connectivity index (χ3n) is 7.48. The van der Waals surface area contributed by atoms with Crippen molar-refractivity contribution in [2.45, 2.75) is 62.4 Å². The van der Waals surface area contributed by atoms with E-state index in [2.05, 4.69) is 17.4 Å². The molecule has 1 aromatic carbocycles. The molecule has 1 atom stereocenters. The third-order valence-corrected chi connectivity index (χ3v) is 7.48. The van der Waals surface area contributed by atoms with E-state index in [1.165, 1.54) is 18.4 Å². The Hall–Kier alpha value is -1.88. The lowest BCUT2D eigenvalue weighted by Gasteiger charge is -2.50. The minimum absolute atomic E-state index is 0.156. The Bertz CT molecular complexity index is 762. The van der Waals surface area contributed by atoms with E-state index in [9.17, 15) is 9.59 Å². The Morgan fingerprint density at radius 1 is 1.07 bits per heavy atom.